The van der Waals surface area contributed by atoms with Gasteiger partial charge in [-0.2, -0.15) is 0 Å². The van der Waals surface area contributed by atoms with E-state index in [1.807, 2.05) is 0 Å². The molecular formula is C9H21O3P. The first-order valence-corrected chi connectivity index (χ1v) is 6.32. The molecule has 0 bridgehead atoms. The Balaban J connectivity index is 3.59. The molecule has 0 aliphatic rings. The van der Waals surface area contributed by atoms with Crippen molar-refractivity contribution in [2.45, 2.75) is 46.0 Å². The van der Waals surface area contributed by atoms with Crippen molar-refractivity contribution in [3.8, 4) is 0 Å². The van der Waals surface area contributed by atoms with E-state index in [1.165, 1.54) is 12.8 Å². The molecule has 0 spiro atoms. The second-order valence-corrected chi connectivity index (χ2v) is 4.19. The Morgan fingerprint density at radius 3 is 2.46 bits per heavy atom. The first-order valence-electron chi connectivity index (χ1n) is 5.06. The summed E-state index contributed by atoms with van der Waals surface area (Å²) in [5.74, 6) is 0.464. The zero-order chi connectivity index (χ0) is 10.1. The van der Waals surface area contributed by atoms with Gasteiger partial charge in [0.05, 0.1) is 6.61 Å². The minimum Gasteiger partial charge on any atom is -0.326 e. The highest BCUT2D eigenvalue weighted by Crippen LogP contribution is 2.21. The lowest BCUT2D eigenvalue weighted by Crippen LogP contribution is -2.06. The maximum absolute atomic E-state index is 10.3. The summed E-state index contributed by atoms with van der Waals surface area (Å²) in [4.78, 5) is 8.52. The highest BCUT2D eigenvalue weighted by atomic mass is 31.1. The number of rotatable bonds is 8. The summed E-state index contributed by atoms with van der Waals surface area (Å²) in [6, 6.07) is 0. The highest BCUT2D eigenvalue weighted by molar-refractivity contribution is 7.32. The number of unbranched alkanes of at least 4 members (excludes halogenated alkanes) is 1. The Kier molecular flexibility index (Phi) is 8.84. The first-order chi connectivity index (χ1) is 6.20. The Morgan fingerprint density at radius 2 is 2.00 bits per heavy atom. The lowest BCUT2D eigenvalue weighted by atomic mass is 9.98. The van der Waals surface area contributed by atoms with Crippen LogP contribution >= 0.6 is 8.25 Å². The van der Waals surface area contributed by atoms with Crippen LogP contribution in [0.3, 0.4) is 0 Å². The van der Waals surface area contributed by atoms with E-state index in [0.29, 0.717) is 12.5 Å². The van der Waals surface area contributed by atoms with Crippen molar-refractivity contribution >= 4 is 8.25 Å². The van der Waals surface area contributed by atoms with Crippen molar-refractivity contribution < 1.29 is 14.0 Å². The van der Waals surface area contributed by atoms with Crippen LogP contribution in [0.1, 0.15) is 46.0 Å². The average molecular weight is 208 g/mol. The lowest BCUT2D eigenvalue weighted by molar-refractivity contribution is 0.214. The van der Waals surface area contributed by atoms with Gasteiger partial charge in [-0.25, -0.2) is 0 Å². The van der Waals surface area contributed by atoms with Crippen LogP contribution in [0, 0.1) is 5.92 Å². The summed E-state index contributed by atoms with van der Waals surface area (Å²) in [6.45, 7) is 4.72. The van der Waals surface area contributed by atoms with E-state index in [0.717, 1.165) is 19.3 Å². The molecule has 0 rings (SSSR count). The van der Waals surface area contributed by atoms with E-state index < -0.39 is 8.25 Å². The molecule has 2 atom stereocenters. The molecule has 2 unspecified atom stereocenters. The Labute approximate surface area is 81.4 Å². The summed E-state index contributed by atoms with van der Waals surface area (Å²) >= 11 is 0. The fourth-order valence-electron chi connectivity index (χ4n) is 1.40. The van der Waals surface area contributed by atoms with Gasteiger partial charge in [0.15, 0.2) is 0 Å². The van der Waals surface area contributed by atoms with Crippen molar-refractivity contribution in [1.29, 1.82) is 0 Å². The standard InChI is InChI=1S/C9H21O3P/c1-3-5-7-9(6-4-2)8-12-13(10)11/h9,13H,3-8H2,1-2H3,(H,10,11). The summed E-state index contributed by atoms with van der Waals surface area (Å²) in [5.41, 5.74) is 0. The topological polar surface area (TPSA) is 46.5 Å². The molecule has 0 aliphatic heterocycles. The minimum atomic E-state index is -2.72. The van der Waals surface area contributed by atoms with Gasteiger partial charge in [0.25, 0.3) is 0 Å². The molecule has 0 saturated heterocycles. The number of hydrogen-bond donors (Lipinski definition) is 1. The molecule has 0 amide bonds. The molecule has 4 heteroatoms. The maximum Gasteiger partial charge on any atom is 0.316 e. The fourth-order valence-corrected chi connectivity index (χ4v) is 1.78. The van der Waals surface area contributed by atoms with Crippen LogP contribution in [0.15, 0.2) is 0 Å². The van der Waals surface area contributed by atoms with E-state index in [2.05, 4.69) is 13.8 Å². The third-order valence-electron chi connectivity index (χ3n) is 2.11. The van der Waals surface area contributed by atoms with Crippen LogP contribution in [0.4, 0.5) is 0 Å². The molecule has 0 aliphatic carbocycles. The predicted octanol–water partition coefficient (Wildman–Crippen LogP) is 2.99. The minimum absolute atomic E-state index is 0.447. The first kappa shape index (κ1) is 13.2. The smallest absolute Gasteiger partial charge is 0.316 e. The van der Waals surface area contributed by atoms with Gasteiger partial charge in [-0.15, -0.1) is 0 Å². The van der Waals surface area contributed by atoms with Crippen LogP contribution in [-0.4, -0.2) is 11.5 Å². The summed E-state index contributed by atoms with van der Waals surface area (Å²) in [7, 11) is -2.72. The molecule has 0 radical (unpaired) electrons. The van der Waals surface area contributed by atoms with Gasteiger partial charge in [0.1, 0.15) is 0 Å². The van der Waals surface area contributed by atoms with Gasteiger partial charge >= 0.3 is 8.25 Å². The van der Waals surface area contributed by atoms with Gasteiger partial charge in [0, 0.05) is 0 Å². The molecule has 0 heterocycles. The van der Waals surface area contributed by atoms with Gasteiger partial charge < -0.3 is 9.42 Å². The quantitative estimate of drug-likeness (QED) is 0.624. The van der Waals surface area contributed by atoms with Gasteiger partial charge in [-0.3, -0.25) is 4.57 Å². The van der Waals surface area contributed by atoms with E-state index in [4.69, 9.17) is 9.42 Å². The molecule has 0 aromatic rings. The Bertz CT molecular complexity index is 139. The molecule has 0 fully saturated rings. The zero-order valence-corrected chi connectivity index (χ0v) is 9.58. The SMILES string of the molecule is CCCCC(CCC)CO[PH](=O)O. The fraction of sp³-hybridized carbons (Fsp3) is 1.00. The number of hydrogen-bond acceptors (Lipinski definition) is 2. The van der Waals surface area contributed by atoms with Crippen molar-refractivity contribution in [3.05, 3.63) is 0 Å². The van der Waals surface area contributed by atoms with Crippen LogP contribution in [0.5, 0.6) is 0 Å². The normalized spacial score (nSPS) is 15.6. The van der Waals surface area contributed by atoms with Crippen molar-refractivity contribution in [2.75, 3.05) is 6.61 Å². The molecule has 1 N–H and O–H groups in total. The van der Waals surface area contributed by atoms with Crippen LogP contribution in [0.2, 0.25) is 0 Å². The zero-order valence-electron chi connectivity index (χ0n) is 8.58. The second-order valence-electron chi connectivity index (χ2n) is 3.37. The van der Waals surface area contributed by atoms with Gasteiger partial charge in [-0.05, 0) is 18.8 Å². The lowest BCUT2D eigenvalue weighted by Gasteiger charge is -2.14. The van der Waals surface area contributed by atoms with Crippen molar-refractivity contribution in [3.63, 3.8) is 0 Å². The predicted molar refractivity (Wildman–Crippen MR) is 55.1 cm³/mol. The molecule has 0 saturated carbocycles. The van der Waals surface area contributed by atoms with Crippen molar-refractivity contribution in [1.82, 2.24) is 0 Å². The molecule has 0 aromatic carbocycles. The van der Waals surface area contributed by atoms with Crippen LogP contribution < -0.4 is 0 Å². The Hall–Kier alpha value is 0.150. The molecule has 0 aromatic heterocycles. The van der Waals surface area contributed by atoms with Crippen LogP contribution in [-0.2, 0) is 9.09 Å². The summed E-state index contributed by atoms with van der Waals surface area (Å²) in [6.07, 6.45) is 5.67. The van der Waals surface area contributed by atoms with Gasteiger partial charge in [-0.1, -0.05) is 33.1 Å². The Morgan fingerprint density at radius 1 is 1.31 bits per heavy atom. The molecule has 80 valence electrons. The van der Waals surface area contributed by atoms with E-state index in [1.54, 1.807) is 0 Å². The average Bonchev–Trinajstić information content (AvgIpc) is 2.09. The highest BCUT2D eigenvalue weighted by Gasteiger charge is 2.08. The second kappa shape index (κ2) is 8.74. The monoisotopic (exact) mass is 208 g/mol. The third-order valence-corrected chi connectivity index (χ3v) is 2.52. The van der Waals surface area contributed by atoms with Gasteiger partial charge in [0.2, 0.25) is 0 Å². The largest absolute Gasteiger partial charge is 0.326 e. The summed E-state index contributed by atoms with van der Waals surface area (Å²) in [5, 5.41) is 0. The van der Waals surface area contributed by atoms with Crippen molar-refractivity contribution in [2.24, 2.45) is 5.92 Å². The van der Waals surface area contributed by atoms with Crippen LogP contribution in [0.25, 0.3) is 0 Å². The van der Waals surface area contributed by atoms with E-state index in [-0.39, 0.29) is 0 Å². The molecule has 13 heavy (non-hydrogen) atoms. The summed E-state index contributed by atoms with van der Waals surface area (Å²) < 4.78 is 15.1. The third kappa shape index (κ3) is 8.48. The van der Waals surface area contributed by atoms with E-state index >= 15 is 0 Å². The van der Waals surface area contributed by atoms with E-state index in [9.17, 15) is 4.57 Å². The molecule has 3 nitrogen and oxygen atoms in total. The molecular weight excluding hydrogens is 187 g/mol. The maximum atomic E-state index is 10.3.